The molecule has 134 valence electrons. The van der Waals surface area contributed by atoms with Gasteiger partial charge in [-0.1, -0.05) is 22.8 Å². The van der Waals surface area contributed by atoms with Crippen LogP contribution < -0.4 is 10.6 Å². The van der Waals surface area contributed by atoms with Gasteiger partial charge in [-0.05, 0) is 51.1 Å². The lowest BCUT2D eigenvalue weighted by molar-refractivity contribution is 0.102. The number of rotatable bonds is 5. The molecule has 1 atom stereocenters. The average Bonchev–Trinajstić information content (AvgIpc) is 2.94. The van der Waals surface area contributed by atoms with E-state index >= 15 is 0 Å². The van der Waals surface area contributed by atoms with Crippen LogP contribution in [-0.2, 0) is 0 Å². The molecular weight excluding hydrogens is 352 g/mol. The summed E-state index contributed by atoms with van der Waals surface area (Å²) in [6.07, 6.45) is 1.53. The predicted molar refractivity (Wildman–Crippen MR) is 102 cm³/mol. The van der Waals surface area contributed by atoms with E-state index < -0.39 is 0 Å². The molecule has 0 bridgehead atoms. The summed E-state index contributed by atoms with van der Waals surface area (Å²) >= 11 is 5.92. The van der Waals surface area contributed by atoms with Crippen LogP contribution in [0.3, 0.4) is 0 Å². The van der Waals surface area contributed by atoms with Crippen LogP contribution in [0.1, 0.15) is 40.3 Å². The molecule has 3 rings (SSSR count). The minimum Gasteiger partial charge on any atom is -0.363 e. The van der Waals surface area contributed by atoms with Gasteiger partial charge in [0, 0.05) is 22.5 Å². The molecule has 6 nitrogen and oxygen atoms in total. The van der Waals surface area contributed by atoms with Gasteiger partial charge in [0.2, 0.25) is 0 Å². The van der Waals surface area contributed by atoms with E-state index in [-0.39, 0.29) is 11.9 Å². The second-order valence-corrected chi connectivity index (χ2v) is 6.44. The third kappa shape index (κ3) is 4.03. The van der Waals surface area contributed by atoms with Crippen LogP contribution in [0.5, 0.6) is 0 Å². The number of carbonyl (C=O) groups excluding carboxylic acids is 1. The van der Waals surface area contributed by atoms with Crippen LogP contribution in [0.25, 0.3) is 0 Å². The first-order valence-corrected chi connectivity index (χ1v) is 8.54. The van der Waals surface area contributed by atoms with E-state index in [4.69, 9.17) is 16.1 Å². The smallest absolute Gasteiger partial charge is 0.257 e. The van der Waals surface area contributed by atoms with E-state index in [0.717, 1.165) is 17.0 Å². The SMILES string of the molecule is Cc1noc(C)c1C(C)Nc1ccc(C(=O)Nc2cccc(Cl)c2)cn1. The lowest BCUT2D eigenvalue weighted by atomic mass is 10.1. The normalized spacial score (nSPS) is 11.8. The van der Waals surface area contributed by atoms with E-state index in [0.29, 0.717) is 22.1 Å². The monoisotopic (exact) mass is 370 g/mol. The molecule has 0 saturated heterocycles. The number of anilines is 2. The lowest BCUT2D eigenvalue weighted by Gasteiger charge is -2.14. The summed E-state index contributed by atoms with van der Waals surface area (Å²) in [6.45, 7) is 5.79. The summed E-state index contributed by atoms with van der Waals surface area (Å²) in [5.74, 6) is 1.20. The number of nitrogens with zero attached hydrogens (tertiary/aromatic N) is 2. The minimum atomic E-state index is -0.245. The number of benzene rings is 1. The zero-order valence-electron chi connectivity index (χ0n) is 14.7. The van der Waals surface area contributed by atoms with Crippen LogP contribution in [0.15, 0.2) is 47.1 Å². The van der Waals surface area contributed by atoms with Crippen LogP contribution in [0.4, 0.5) is 11.5 Å². The topological polar surface area (TPSA) is 80.0 Å². The maximum Gasteiger partial charge on any atom is 0.257 e. The van der Waals surface area contributed by atoms with Gasteiger partial charge in [-0.15, -0.1) is 0 Å². The van der Waals surface area contributed by atoms with Crippen molar-refractivity contribution in [1.29, 1.82) is 0 Å². The van der Waals surface area contributed by atoms with Gasteiger partial charge in [-0.2, -0.15) is 0 Å². The highest BCUT2D eigenvalue weighted by molar-refractivity contribution is 6.30. The summed E-state index contributed by atoms with van der Waals surface area (Å²) in [7, 11) is 0. The van der Waals surface area contributed by atoms with Gasteiger partial charge < -0.3 is 15.2 Å². The number of pyridine rings is 1. The second-order valence-electron chi connectivity index (χ2n) is 6.00. The molecule has 2 N–H and O–H groups in total. The first kappa shape index (κ1) is 17.9. The summed E-state index contributed by atoms with van der Waals surface area (Å²) in [4.78, 5) is 16.6. The molecule has 0 fully saturated rings. The van der Waals surface area contributed by atoms with Crippen molar-refractivity contribution in [3.8, 4) is 0 Å². The highest BCUT2D eigenvalue weighted by Crippen LogP contribution is 2.24. The summed E-state index contributed by atoms with van der Waals surface area (Å²) < 4.78 is 5.20. The Kier molecular flexibility index (Phi) is 5.23. The Morgan fingerprint density at radius 2 is 2.04 bits per heavy atom. The summed E-state index contributed by atoms with van der Waals surface area (Å²) in [5, 5.41) is 10.6. The van der Waals surface area contributed by atoms with Crippen molar-refractivity contribution < 1.29 is 9.32 Å². The highest BCUT2D eigenvalue weighted by atomic mass is 35.5. The average molecular weight is 371 g/mol. The molecule has 0 aliphatic rings. The standard InChI is InChI=1S/C19H19ClN4O2/c1-11(18-12(2)24-26-13(18)3)22-17-8-7-14(10-21-17)19(25)23-16-6-4-5-15(20)9-16/h4-11H,1-3H3,(H,21,22)(H,23,25). The minimum absolute atomic E-state index is 0.0140. The molecule has 0 aliphatic carbocycles. The molecule has 2 aromatic heterocycles. The molecule has 2 heterocycles. The van der Waals surface area contributed by atoms with E-state index in [9.17, 15) is 4.79 Å². The van der Waals surface area contributed by atoms with Gasteiger partial charge in [-0.3, -0.25) is 4.79 Å². The van der Waals surface area contributed by atoms with Crippen molar-refractivity contribution in [2.45, 2.75) is 26.8 Å². The molecule has 1 aromatic carbocycles. The lowest BCUT2D eigenvalue weighted by Crippen LogP contribution is -2.13. The van der Waals surface area contributed by atoms with Crippen molar-refractivity contribution in [1.82, 2.24) is 10.1 Å². The van der Waals surface area contributed by atoms with Gasteiger partial charge in [-0.25, -0.2) is 4.98 Å². The molecule has 3 aromatic rings. The van der Waals surface area contributed by atoms with Gasteiger partial charge >= 0.3 is 0 Å². The number of nitrogens with one attached hydrogen (secondary N) is 2. The van der Waals surface area contributed by atoms with Crippen LogP contribution in [0.2, 0.25) is 5.02 Å². The Labute approximate surface area is 156 Å². The number of hydrogen-bond acceptors (Lipinski definition) is 5. The number of aromatic nitrogens is 2. The highest BCUT2D eigenvalue weighted by Gasteiger charge is 2.16. The zero-order valence-corrected chi connectivity index (χ0v) is 15.5. The van der Waals surface area contributed by atoms with Crippen molar-refractivity contribution in [2.75, 3.05) is 10.6 Å². The Balaban J connectivity index is 1.67. The summed E-state index contributed by atoms with van der Waals surface area (Å²) in [6, 6.07) is 10.5. The zero-order chi connectivity index (χ0) is 18.7. The van der Waals surface area contributed by atoms with Crippen LogP contribution in [-0.4, -0.2) is 16.0 Å². The molecule has 1 unspecified atom stereocenters. The third-order valence-corrected chi connectivity index (χ3v) is 4.23. The predicted octanol–water partition coefficient (Wildman–Crippen LogP) is 4.77. The first-order chi connectivity index (χ1) is 12.4. The maximum absolute atomic E-state index is 12.3. The first-order valence-electron chi connectivity index (χ1n) is 8.16. The maximum atomic E-state index is 12.3. The fraction of sp³-hybridized carbons (Fsp3) is 0.211. The number of halogens is 1. The van der Waals surface area contributed by atoms with Crippen molar-refractivity contribution >= 4 is 29.0 Å². The molecular formula is C19H19ClN4O2. The molecule has 0 spiro atoms. The Morgan fingerprint density at radius 3 is 2.65 bits per heavy atom. The molecule has 7 heteroatoms. The molecule has 26 heavy (non-hydrogen) atoms. The molecule has 1 amide bonds. The molecule has 0 radical (unpaired) electrons. The van der Waals surface area contributed by atoms with Crippen LogP contribution >= 0.6 is 11.6 Å². The molecule has 0 aliphatic heterocycles. The largest absolute Gasteiger partial charge is 0.363 e. The quantitative estimate of drug-likeness (QED) is 0.676. The number of aryl methyl sites for hydroxylation is 2. The van der Waals surface area contributed by atoms with Crippen molar-refractivity contribution in [3.63, 3.8) is 0 Å². The Hall–Kier alpha value is -2.86. The number of amides is 1. The second kappa shape index (κ2) is 7.58. The van der Waals surface area contributed by atoms with E-state index in [1.54, 1.807) is 36.4 Å². The van der Waals surface area contributed by atoms with Gasteiger partial charge in [0.15, 0.2) is 0 Å². The van der Waals surface area contributed by atoms with Gasteiger partial charge in [0.25, 0.3) is 5.91 Å². The number of carbonyl (C=O) groups is 1. The summed E-state index contributed by atoms with van der Waals surface area (Å²) in [5.41, 5.74) is 2.95. The van der Waals surface area contributed by atoms with E-state index in [1.165, 1.54) is 6.20 Å². The van der Waals surface area contributed by atoms with E-state index in [1.807, 2.05) is 20.8 Å². The fourth-order valence-electron chi connectivity index (χ4n) is 2.79. The van der Waals surface area contributed by atoms with E-state index in [2.05, 4.69) is 20.8 Å². The van der Waals surface area contributed by atoms with Crippen molar-refractivity contribution in [2.24, 2.45) is 0 Å². The van der Waals surface area contributed by atoms with Crippen LogP contribution in [0, 0.1) is 13.8 Å². The molecule has 0 saturated carbocycles. The number of hydrogen-bond donors (Lipinski definition) is 2. The van der Waals surface area contributed by atoms with Gasteiger partial charge in [0.1, 0.15) is 11.6 Å². The Bertz CT molecular complexity index is 902. The van der Waals surface area contributed by atoms with Gasteiger partial charge in [0.05, 0.1) is 17.3 Å². The fourth-order valence-corrected chi connectivity index (χ4v) is 2.98. The Morgan fingerprint density at radius 1 is 1.23 bits per heavy atom. The van der Waals surface area contributed by atoms with Crippen molar-refractivity contribution in [3.05, 3.63) is 70.2 Å². The third-order valence-electron chi connectivity index (χ3n) is 3.99.